The largest absolute Gasteiger partial charge is 0.349 e. The van der Waals surface area contributed by atoms with Gasteiger partial charge in [0.1, 0.15) is 0 Å². The van der Waals surface area contributed by atoms with E-state index < -0.39 is 0 Å². The normalized spacial score (nSPS) is 10.8. The number of rotatable bonds is 5. The number of hydrogen-bond acceptors (Lipinski definition) is 3. The lowest BCUT2D eigenvalue weighted by Gasteiger charge is -2.07. The smallest absolute Gasteiger partial charge is 0.290 e. The van der Waals surface area contributed by atoms with Gasteiger partial charge >= 0.3 is 0 Å². The third kappa shape index (κ3) is 3.97. The molecular formula is C19H18BrClN4O. The third-order valence-electron chi connectivity index (χ3n) is 3.85. The molecule has 0 saturated carbocycles. The average Bonchev–Trinajstić information content (AvgIpc) is 3.08. The van der Waals surface area contributed by atoms with E-state index in [9.17, 15) is 4.79 Å². The molecule has 0 radical (unpaired) electrons. The number of nitrogens with one attached hydrogen (secondary N) is 1. The minimum absolute atomic E-state index is 0.132. The van der Waals surface area contributed by atoms with Gasteiger partial charge in [-0.1, -0.05) is 52.7 Å². The summed E-state index contributed by atoms with van der Waals surface area (Å²) in [5.74, 6) is 0.425. The molecule has 0 unspecified atom stereocenters. The quantitative estimate of drug-likeness (QED) is 0.629. The first-order chi connectivity index (χ1) is 12.5. The summed E-state index contributed by atoms with van der Waals surface area (Å²) in [6.07, 6.45) is 0.847. The van der Waals surface area contributed by atoms with Gasteiger partial charge in [-0.05, 0) is 43.2 Å². The predicted octanol–water partition coefficient (Wildman–Crippen LogP) is 4.80. The van der Waals surface area contributed by atoms with Crippen LogP contribution >= 0.6 is 27.5 Å². The molecule has 1 amide bonds. The van der Waals surface area contributed by atoms with Gasteiger partial charge < -0.3 is 5.32 Å². The van der Waals surface area contributed by atoms with Crippen molar-refractivity contribution in [3.8, 4) is 17.1 Å². The zero-order valence-electron chi connectivity index (χ0n) is 14.5. The average molecular weight is 434 g/mol. The van der Waals surface area contributed by atoms with Gasteiger partial charge in [-0.25, -0.2) is 9.67 Å². The fraction of sp³-hybridized carbons (Fsp3) is 0.211. The van der Waals surface area contributed by atoms with Crippen LogP contribution in [0.4, 0.5) is 0 Å². The molecule has 0 spiro atoms. The van der Waals surface area contributed by atoms with Crippen LogP contribution in [0.5, 0.6) is 0 Å². The monoisotopic (exact) mass is 432 g/mol. The fourth-order valence-corrected chi connectivity index (χ4v) is 2.84. The van der Waals surface area contributed by atoms with Crippen molar-refractivity contribution < 1.29 is 4.79 Å². The molecular weight excluding hydrogens is 416 g/mol. The lowest BCUT2D eigenvalue weighted by molar-refractivity contribution is 0.0943. The van der Waals surface area contributed by atoms with Crippen molar-refractivity contribution in [1.82, 2.24) is 20.1 Å². The second kappa shape index (κ2) is 8.01. The van der Waals surface area contributed by atoms with Crippen LogP contribution in [0.3, 0.4) is 0 Å². The minimum atomic E-state index is -0.290. The van der Waals surface area contributed by atoms with E-state index in [0.717, 1.165) is 27.7 Å². The van der Waals surface area contributed by atoms with E-state index in [4.69, 9.17) is 11.6 Å². The number of carbonyl (C=O) groups is 1. The predicted molar refractivity (Wildman–Crippen MR) is 107 cm³/mol. The van der Waals surface area contributed by atoms with Crippen molar-refractivity contribution in [2.24, 2.45) is 0 Å². The zero-order valence-corrected chi connectivity index (χ0v) is 16.8. The van der Waals surface area contributed by atoms with Gasteiger partial charge in [0.25, 0.3) is 5.91 Å². The van der Waals surface area contributed by atoms with Crippen LogP contribution in [0.25, 0.3) is 17.1 Å². The molecule has 26 heavy (non-hydrogen) atoms. The Bertz CT molecular complexity index is 937. The van der Waals surface area contributed by atoms with Crippen LogP contribution in [-0.2, 0) is 0 Å². The maximum absolute atomic E-state index is 12.3. The Morgan fingerprint density at radius 3 is 2.62 bits per heavy atom. The molecule has 2 aromatic carbocycles. The number of amides is 1. The third-order valence-corrected chi connectivity index (χ3v) is 4.78. The summed E-state index contributed by atoms with van der Waals surface area (Å²) in [6, 6.07) is 13.3. The molecule has 0 atom stereocenters. The summed E-state index contributed by atoms with van der Waals surface area (Å²) in [5, 5.41) is 7.87. The van der Waals surface area contributed by atoms with Crippen molar-refractivity contribution in [1.29, 1.82) is 0 Å². The van der Waals surface area contributed by atoms with Crippen LogP contribution < -0.4 is 5.32 Å². The maximum atomic E-state index is 12.3. The molecule has 0 saturated heterocycles. The van der Waals surface area contributed by atoms with Gasteiger partial charge in [0.15, 0.2) is 5.82 Å². The highest BCUT2D eigenvalue weighted by molar-refractivity contribution is 9.10. The molecule has 3 rings (SSSR count). The van der Waals surface area contributed by atoms with Gasteiger partial charge in [0, 0.05) is 21.6 Å². The topological polar surface area (TPSA) is 59.8 Å². The number of halogens is 2. The second-order valence-electron chi connectivity index (χ2n) is 5.87. The Balaban J connectivity index is 2.10. The molecule has 0 fully saturated rings. The summed E-state index contributed by atoms with van der Waals surface area (Å²) in [4.78, 5) is 16.8. The van der Waals surface area contributed by atoms with Crippen LogP contribution in [0, 0.1) is 6.92 Å². The van der Waals surface area contributed by atoms with E-state index in [0.29, 0.717) is 17.4 Å². The first kappa shape index (κ1) is 18.6. The van der Waals surface area contributed by atoms with Crippen LogP contribution in [0.15, 0.2) is 46.9 Å². The Labute approximate surface area is 165 Å². The van der Waals surface area contributed by atoms with Gasteiger partial charge in [0.05, 0.1) is 5.69 Å². The summed E-state index contributed by atoms with van der Waals surface area (Å²) in [5.41, 5.74) is 2.58. The number of nitrogens with zero attached hydrogens (tertiary/aromatic N) is 3. The van der Waals surface area contributed by atoms with E-state index in [1.165, 1.54) is 0 Å². The molecule has 0 aliphatic heterocycles. The molecule has 1 aromatic heterocycles. The number of hydrogen-bond donors (Lipinski definition) is 1. The SMILES string of the molecule is CCCNC(=O)c1nc(-c2ccc(Br)cc2)n(-c2ccc(C)c(Cl)c2)n1. The van der Waals surface area contributed by atoms with E-state index >= 15 is 0 Å². The molecule has 1 N–H and O–H groups in total. The van der Waals surface area contributed by atoms with Gasteiger partial charge in [0.2, 0.25) is 5.82 Å². The van der Waals surface area contributed by atoms with E-state index in [-0.39, 0.29) is 11.7 Å². The van der Waals surface area contributed by atoms with E-state index in [2.05, 4.69) is 31.3 Å². The first-order valence-electron chi connectivity index (χ1n) is 8.27. The zero-order chi connectivity index (χ0) is 18.7. The molecule has 134 valence electrons. The van der Waals surface area contributed by atoms with Crippen LogP contribution in [0.1, 0.15) is 29.5 Å². The van der Waals surface area contributed by atoms with E-state index in [1.54, 1.807) is 4.68 Å². The summed E-state index contributed by atoms with van der Waals surface area (Å²) in [6.45, 7) is 4.51. The van der Waals surface area contributed by atoms with E-state index in [1.807, 2.05) is 56.3 Å². The summed E-state index contributed by atoms with van der Waals surface area (Å²) >= 11 is 9.71. The van der Waals surface area contributed by atoms with Crippen molar-refractivity contribution in [3.63, 3.8) is 0 Å². The molecule has 1 heterocycles. The Morgan fingerprint density at radius 1 is 1.23 bits per heavy atom. The van der Waals surface area contributed by atoms with Crippen molar-refractivity contribution in [3.05, 3.63) is 63.3 Å². The minimum Gasteiger partial charge on any atom is -0.349 e. The molecule has 3 aromatic rings. The lowest BCUT2D eigenvalue weighted by atomic mass is 10.2. The van der Waals surface area contributed by atoms with Gasteiger partial charge in [-0.2, -0.15) is 0 Å². The molecule has 5 nitrogen and oxygen atoms in total. The van der Waals surface area contributed by atoms with Crippen LogP contribution in [0.2, 0.25) is 5.02 Å². The number of aryl methyl sites for hydroxylation is 1. The molecule has 0 aliphatic rings. The standard InChI is InChI=1S/C19H18BrClN4O/c1-3-10-22-19(26)17-23-18(13-5-7-14(20)8-6-13)25(24-17)15-9-4-12(2)16(21)11-15/h4-9,11H,3,10H2,1-2H3,(H,22,26). The lowest BCUT2D eigenvalue weighted by Crippen LogP contribution is -2.25. The Kier molecular flexibility index (Phi) is 5.74. The van der Waals surface area contributed by atoms with Gasteiger partial charge in [-0.15, -0.1) is 5.10 Å². The maximum Gasteiger partial charge on any atom is 0.290 e. The molecule has 0 aliphatic carbocycles. The number of aromatic nitrogens is 3. The Morgan fingerprint density at radius 2 is 1.96 bits per heavy atom. The first-order valence-corrected chi connectivity index (χ1v) is 9.44. The highest BCUT2D eigenvalue weighted by Crippen LogP contribution is 2.25. The fourth-order valence-electron chi connectivity index (χ4n) is 2.41. The Hall–Kier alpha value is -2.18. The molecule has 7 heteroatoms. The van der Waals surface area contributed by atoms with Gasteiger partial charge in [-0.3, -0.25) is 4.79 Å². The highest BCUT2D eigenvalue weighted by atomic mass is 79.9. The molecule has 0 bridgehead atoms. The number of benzene rings is 2. The van der Waals surface area contributed by atoms with Crippen molar-refractivity contribution in [2.45, 2.75) is 20.3 Å². The number of carbonyl (C=O) groups excluding carboxylic acids is 1. The second-order valence-corrected chi connectivity index (χ2v) is 7.19. The van der Waals surface area contributed by atoms with Crippen LogP contribution in [-0.4, -0.2) is 27.2 Å². The summed E-state index contributed by atoms with van der Waals surface area (Å²) in [7, 11) is 0. The van der Waals surface area contributed by atoms with Crippen molar-refractivity contribution >= 4 is 33.4 Å². The highest BCUT2D eigenvalue weighted by Gasteiger charge is 2.18. The van der Waals surface area contributed by atoms with Crippen molar-refractivity contribution in [2.75, 3.05) is 6.54 Å². The summed E-state index contributed by atoms with van der Waals surface area (Å²) < 4.78 is 2.61.